The van der Waals surface area contributed by atoms with Crippen molar-refractivity contribution in [1.29, 1.82) is 0 Å². The summed E-state index contributed by atoms with van der Waals surface area (Å²) >= 11 is 0. The molecule has 3 aromatic rings. The van der Waals surface area contributed by atoms with Crippen LogP contribution in [0.15, 0.2) is 85.1 Å². The monoisotopic (exact) mass is 442 g/mol. The standard InChI is InChI=1S/C28H26O5/c1-20-8-6-9-21(16-20)14-15-27(29)22-11-7-12-24(17-22)33-18-23-10-4-5-13-25(23)26(19-31-2)28(30)32-3/h4-17,19H,18H2,1-3H3/b15-14+,26-19+. The van der Waals surface area contributed by atoms with Crippen LogP contribution in [0.4, 0.5) is 0 Å². The van der Waals surface area contributed by atoms with Gasteiger partial charge in [0.2, 0.25) is 0 Å². The number of methoxy groups -OCH3 is 2. The Morgan fingerprint density at radius 3 is 2.45 bits per heavy atom. The molecule has 3 rings (SSSR count). The van der Waals surface area contributed by atoms with E-state index in [0.29, 0.717) is 22.4 Å². The van der Waals surface area contributed by atoms with E-state index in [1.807, 2.05) is 49.4 Å². The van der Waals surface area contributed by atoms with Crippen LogP contribution in [0.2, 0.25) is 0 Å². The third-order valence-corrected chi connectivity index (χ3v) is 4.93. The van der Waals surface area contributed by atoms with Gasteiger partial charge in [0.05, 0.1) is 20.5 Å². The molecule has 0 unspecified atom stereocenters. The maximum absolute atomic E-state index is 12.6. The van der Waals surface area contributed by atoms with Crippen LogP contribution in [0.25, 0.3) is 11.6 Å². The molecule has 0 amide bonds. The van der Waals surface area contributed by atoms with Crippen LogP contribution in [0, 0.1) is 6.92 Å². The minimum Gasteiger partial charge on any atom is -0.503 e. The van der Waals surface area contributed by atoms with Gasteiger partial charge in [-0.25, -0.2) is 4.79 Å². The second-order valence-corrected chi connectivity index (χ2v) is 7.34. The summed E-state index contributed by atoms with van der Waals surface area (Å²) in [5, 5.41) is 0. The van der Waals surface area contributed by atoms with Crippen LogP contribution in [0.1, 0.15) is 32.6 Å². The first kappa shape index (κ1) is 23.5. The van der Waals surface area contributed by atoms with Gasteiger partial charge in [-0.2, -0.15) is 0 Å². The fraction of sp³-hybridized carbons (Fsp3) is 0.143. The number of aryl methyl sites for hydroxylation is 1. The Kier molecular flexibility index (Phi) is 8.19. The number of ether oxygens (including phenoxy) is 3. The summed E-state index contributed by atoms with van der Waals surface area (Å²) in [5.74, 6) is -0.0643. The van der Waals surface area contributed by atoms with Crippen LogP contribution in [0.5, 0.6) is 5.75 Å². The zero-order valence-corrected chi connectivity index (χ0v) is 18.9. The number of hydrogen-bond acceptors (Lipinski definition) is 5. The molecule has 168 valence electrons. The molecule has 0 saturated heterocycles. The van der Waals surface area contributed by atoms with E-state index in [-0.39, 0.29) is 12.4 Å². The van der Waals surface area contributed by atoms with Crippen molar-refractivity contribution in [2.75, 3.05) is 14.2 Å². The molecule has 0 aliphatic heterocycles. The van der Waals surface area contributed by atoms with Gasteiger partial charge < -0.3 is 14.2 Å². The molecule has 0 saturated carbocycles. The summed E-state index contributed by atoms with van der Waals surface area (Å²) in [6.45, 7) is 2.21. The quantitative estimate of drug-likeness (QED) is 0.186. The average Bonchev–Trinajstić information content (AvgIpc) is 2.84. The van der Waals surface area contributed by atoms with Gasteiger partial charge in [0.1, 0.15) is 17.9 Å². The molecule has 0 atom stereocenters. The number of esters is 1. The minimum absolute atomic E-state index is 0.113. The van der Waals surface area contributed by atoms with Crippen LogP contribution >= 0.6 is 0 Å². The minimum atomic E-state index is -0.503. The second-order valence-electron chi connectivity index (χ2n) is 7.34. The highest BCUT2D eigenvalue weighted by molar-refractivity contribution is 6.16. The molecule has 0 spiro atoms. The third-order valence-electron chi connectivity index (χ3n) is 4.93. The van der Waals surface area contributed by atoms with Crippen molar-refractivity contribution in [2.45, 2.75) is 13.5 Å². The van der Waals surface area contributed by atoms with Gasteiger partial charge in [0.15, 0.2) is 5.78 Å². The number of allylic oxidation sites excluding steroid dienone is 1. The first-order valence-electron chi connectivity index (χ1n) is 10.4. The topological polar surface area (TPSA) is 61.8 Å². The molecule has 0 fully saturated rings. The molecule has 0 bridgehead atoms. The maximum atomic E-state index is 12.6. The normalized spacial score (nSPS) is 11.3. The molecule has 0 N–H and O–H groups in total. The summed E-state index contributed by atoms with van der Waals surface area (Å²) in [7, 11) is 2.79. The molecule has 0 radical (unpaired) electrons. The second kappa shape index (κ2) is 11.5. The number of ketones is 1. The van der Waals surface area contributed by atoms with Crippen molar-refractivity contribution >= 4 is 23.4 Å². The molecule has 5 nitrogen and oxygen atoms in total. The van der Waals surface area contributed by atoms with Crippen LogP contribution in [-0.4, -0.2) is 26.0 Å². The fourth-order valence-electron chi connectivity index (χ4n) is 3.30. The molecule has 33 heavy (non-hydrogen) atoms. The molecule has 3 aromatic carbocycles. The van der Waals surface area contributed by atoms with Crippen LogP contribution < -0.4 is 4.74 Å². The summed E-state index contributed by atoms with van der Waals surface area (Å²) in [4.78, 5) is 24.8. The lowest BCUT2D eigenvalue weighted by atomic mass is 10.0. The van der Waals surface area contributed by atoms with Gasteiger partial charge in [-0.1, -0.05) is 72.3 Å². The van der Waals surface area contributed by atoms with Gasteiger partial charge >= 0.3 is 5.97 Å². The third kappa shape index (κ3) is 6.43. The number of rotatable bonds is 9. The highest BCUT2D eigenvalue weighted by Crippen LogP contribution is 2.23. The van der Waals surface area contributed by atoms with Gasteiger partial charge in [-0.05, 0) is 41.8 Å². The molecule has 5 heteroatoms. The Bertz CT molecular complexity index is 1190. The lowest BCUT2D eigenvalue weighted by Gasteiger charge is -2.13. The Morgan fingerprint density at radius 2 is 1.70 bits per heavy atom. The van der Waals surface area contributed by atoms with E-state index in [1.165, 1.54) is 20.5 Å². The summed E-state index contributed by atoms with van der Waals surface area (Å²) in [6.07, 6.45) is 4.71. The summed E-state index contributed by atoms with van der Waals surface area (Å²) in [5.41, 5.74) is 4.36. The number of carbonyl (C=O) groups excluding carboxylic acids is 2. The molecule has 0 aliphatic carbocycles. The van der Waals surface area contributed by atoms with E-state index in [1.54, 1.807) is 42.5 Å². The fourth-order valence-corrected chi connectivity index (χ4v) is 3.30. The van der Waals surface area contributed by atoms with Gasteiger partial charge in [0.25, 0.3) is 0 Å². The van der Waals surface area contributed by atoms with Crippen molar-refractivity contribution in [3.05, 3.63) is 113 Å². The molecule has 0 aromatic heterocycles. The maximum Gasteiger partial charge on any atom is 0.341 e. The number of benzene rings is 3. The van der Waals surface area contributed by atoms with E-state index >= 15 is 0 Å². The van der Waals surface area contributed by atoms with Crippen molar-refractivity contribution in [2.24, 2.45) is 0 Å². The highest BCUT2D eigenvalue weighted by Gasteiger charge is 2.17. The Balaban J connectivity index is 1.75. The lowest BCUT2D eigenvalue weighted by Crippen LogP contribution is -2.08. The average molecular weight is 443 g/mol. The summed E-state index contributed by atoms with van der Waals surface area (Å²) < 4.78 is 15.9. The Labute approximate surface area is 193 Å². The van der Waals surface area contributed by atoms with Gasteiger partial charge in [-0.3, -0.25) is 4.79 Å². The van der Waals surface area contributed by atoms with E-state index in [0.717, 1.165) is 16.7 Å². The molecular formula is C28H26O5. The molecule has 0 heterocycles. The predicted octanol–water partition coefficient (Wildman–Crippen LogP) is 5.63. The van der Waals surface area contributed by atoms with Gasteiger partial charge in [-0.15, -0.1) is 0 Å². The predicted molar refractivity (Wildman–Crippen MR) is 129 cm³/mol. The first-order valence-corrected chi connectivity index (χ1v) is 10.4. The van der Waals surface area contributed by atoms with Crippen molar-refractivity contribution in [3.63, 3.8) is 0 Å². The smallest absolute Gasteiger partial charge is 0.341 e. The highest BCUT2D eigenvalue weighted by atomic mass is 16.5. The number of carbonyl (C=O) groups is 2. The number of hydrogen-bond donors (Lipinski definition) is 0. The van der Waals surface area contributed by atoms with Crippen molar-refractivity contribution in [1.82, 2.24) is 0 Å². The summed E-state index contributed by atoms with van der Waals surface area (Å²) in [6, 6.07) is 22.3. The SMILES string of the molecule is CO/C=C(/C(=O)OC)c1ccccc1COc1cccc(C(=O)/C=C/c2cccc(C)c2)c1. The molecule has 0 aliphatic rings. The van der Waals surface area contributed by atoms with Gasteiger partial charge in [0, 0.05) is 5.56 Å². The molecular weight excluding hydrogens is 416 g/mol. The Morgan fingerprint density at radius 1 is 0.909 bits per heavy atom. The van der Waals surface area contributed by atoms with Crippen LogP contribution in [-0.2, 0) is 20.9 Å². The zero-order chi connectivity index (χ0) is 23.6. The van der Waals surface area contributed by atoms with E-state index in [4.69, 9.17) is 14.2 Å². The van der Waals surface area contributed by atoms with E-state index < -0.39 is 5.97 Å². The zero-order valence-electron chi connectivity index (χ0n) is 18.9. The Hall–Kier alpha value is -4.12. The van der Waals surface area contributed by atoms with E-state index in [9.17, 15) is 9.59 Å². The van der Waals surface area contributed by atoms with E-state index in [2.05, 4.69) is 0 Å². The lowest BCUT2D eigenvalue weighted by molar-refractivity contribution is -0.133. The van der Waals surface area contributed by atoms with Crippen molar-refractivity contribution < 1.29 is 23.8 Å². The largest absolute Gasteiger partial charge is 0.503 e. The first-order chi connectivity index (χ1) is 16.0. The van der Waals surface area contributed by atoms with Crippen LogP contribution in [0.3, 0.4) is 0 Å². The van der Waals surface area contributed by atoms with Crippen molar-refractivity contribution in [3.8, 4) is 5.75 Å².